The van der Waals surface area contributed by atoms with Crippen molar-refractivity contribution in [3.63, 3.8) is 0 Å². The maximum absolute atomic E-state index is 12.8. The molecular weight excluding hydrogens is 406 g/mol. The first kappa shape index (κ1) is 22.6. The summed E-state index contributed by atoms with van der Waals surface area (Å²) < 4.78 is 5.46. The smallest absolute Gasteiger partial charge is 0.257 e. The largest absolute Gasteiger partial charge is 0.484 e. The lowest BCUT2D eigenvalue weighted by Crippen LogP contribution is -2.28. The Kier molecular flexibility index (Phi) is 7.59. The molecule has 3 amide bonds. The van der Waals surface area contributed by atoms with Gasteiger partial charge in [0.25, 0.3) is 17.7 Å². The van der Waals surface area contributed by atoms with Gasteiger partial charge in [0.15, 0.2) is 6.61 Å². The van der Waals surface area contributed by atoms with Crippen molar-refractivity contribution >= 4 is 29.1 Å². The molecule has 3 rings (SSSR count). The summed E-state index contributed by atoms with van der Waals surface area (Å²) in [4.78, 5) is 36.8. The number of aryl methyl sites for hydroxylation is 1. The quantitative estimate of drug-likeness (QED) is 0.502. The Hall–Kier alpha value is -4.13. The first-order valence-corrected chi connectivity index (χ1v) is 10.2. The number of amides is 3. The molecule has 0 bridgehead atoms. The summed E-state index contributed by atoms with van der Waals surface area (Å²) in [6.45, 7) is 4.12. The molecule has 0 aliphatic heterocycles. The molecule has 7 heteroatoms. The highest BCUT2D eigenvalue weighted by molar-refractivity contribution is 6.07. The van der Waals surface area contributed by atoms with Crippen LogP contribution in [0.5, 0.6) is 5.75 Å². The fraction of sp³-hybridized carbons (Fsp3) is 0.160. The number of hydrogen-bond donors (Lipinski definition) is 3. The number of hydrogen-bond acceptors (Lipinski definition) is 4. The van der Waals surface area contributed by atoms with Crippen LogP contribution in [0.3, 0.4) is 0 Å². The van der Waals surface area contributed by atoms with E-state index in [2.05, 4.69) is 16.0 Å². The first-order chi connectivity index (χ1) is 15.5. The third kappa shape index (κ3) is 6.18. The number of benzene rings is 3. The van der Waals surface area contributed by atoms with Gasteiger partial charge in [-0.15, -0.1) is 0 Å². The molecule has 3 aromatic carbocycles. The van der Waals surface area contributed by atoms with E-state index in [1.54, 1.807) is 66.7 Å². The molecule has 0 aliphatic carbocycles. The van der Waals surface area contributed by atoms with Gasteiger partial charge in [0.2, 0.25) is 0 Å². The number of ether oxygens (including phenoxy) is 1. The fourth-order valence-corrected chi connectivity index (χ4v) is 2.95. The van der Waals surface area contributed by atoms with Crippen LogP contribution >= 0.6 is 0 Å². The lowest BCUT2D eigenvalue weighted by atomic mass is 10.1. The minimum absolute atomic E-state index is 0.103. The van der Waals surface area contributed by atoms with Gasteiger partial charge in [-0.3, -0.25) is 14.4 Å². The van der Waals surface area contributed by atoms with E-state index in [4.69, 9.17) is 4.74 Å². The second kappa shape index (κ2) is 10.8. The lowest BCUT2D eigenvalue weighted by molar-refractivity contribution is -0.122. The Morgan fingerprint density at radius 3 is 2.31 bits per heavy atom. The SMILES string of the molecule is CCNC(=O)COc1cccc(NC(=O)c2ccc(C)c(NC(=O)c3ccccc3)c2)c1. The molecule has 0 fully saturated rings. The van der Waals surface area contributed by atoms with E-state index >= 15 is 0 Å². The van der Waals surface area contributed by atoms with Gasteiger partial charge in [0, 0.05) is 35.1 Å². The van der Waals surface area contributed by atoms with Crippen molar-refractivity contribution in [2.24, 2.45) is 0 Å². The molecule has 0 heterocycles. The maximum atomic E-state index is 12.8. The van der Waals surface area contributed by atoms with E-state index in [-0.39, 0.29) is 24.3 Å². The van der Waals surface area contributed by atoms with Crippen LogP contribution in [0.4, 0.5) is 11.4 Å². The van der Waals surface area contributed by atoms with E-state index in [0.717, 1.165) is 5.56 Å². The third-order valence-corrected chi connectivity index (χ3v) is 4.62. The minimum atomic E-state index is -0.332. The Bertz CT molecular complexity index is 1110. The van der Waals surface area contributed by atoms with Crippen molar-refractivity contribution < 1.29 is 19.1 Å². The number of anilines is 2. The summed E-state index contributed by atoms with van der Waals surface area (Å²) in [6.07, 6.45) is 0. The van der Waals surface area contributed by atoms with E-state index in [9.17, 15) is 14.4 Å². The Balaban J connectivity index is 1.68. The Morgan fingerprint density at radius 2 is 1.56 bits per heavy atom. The Labute approximate surface area is 186 Å². The standard InChI is InChI=1S/C25H25N3O4/c1-3-26-23(29)16-32-21-11-7-10-20(15-21)27-25(31)19-13-12-17(2)22(14-19)28-24(30)18-8-5-4-6-9-18/h4-15H,3,16H2,1-2H3,(H,26,29)(H,27,31)(H,28,30). The second-order valence-corrected chi connectivity index (χ2v) is 7.07. The van der Waals surface area contributed by atoms with E-state index < -0.39 is 0 Å². The number of carbonyl (C=O) groups excluding carboxylic acids is 3. The Morgan fingerprint density at radius 1 is 0.812 bits per heavy atom. The van der Waals surface area contributed by atoms with Gasteiger partial charge in [0.1, 0.15) is 5.75 Å². The second-order valence-electron chi connectivity index (χ2n) is 7.07. The van der Waals surface area contributed by atoms with Crippen molar-refractivity contribution in [1.29, 1.82) is 0 Å². The number of likely N-dealkylation sites (N-methyl/N-ethyl adjacent to an activating group) is 1. The highest BCUT2D eigenvalue weighted by Gasteiger charge is 2.12. The predicted octanol–water partition coefficient (Wildman–Crippen LogP) is 4.01. The van der Waals surface area contributed by atoms with Crippen LogP contribution in [-0.4, -0.2) is 30.9 Å². The minimum Gasteiger partial charge on any atom is -0.484 e. The van der Waals surface area contributed by atoms with Gasteiger partial charge in [0.05, 0.1) is 0 Å². The molecule has 0 spiro atoms. The topological polar surface area (TPSA) is 96.5 Å². The van der Waals surface area contributed by atoms with Gasteiger partial charge < -0.3 is 20.7 Å². The molecule has 0 aromatic heterocycles. The van der Waals surface area contributed by atoms with Crippen molar-refractivity contribution in [1.82, 2.24) is 5.32 Å². The van der Waals surface area contributed by atoms with Crippen LogP contribution in [-0.2, 0) is 4.79 Å². The molecule has 164 valence electrons. The van der Waals surface area contributed by atoms with E-state index in [1.165, 1.54) is 0 Å². The third-order valence-electron chi connectivity index (χ3n) is 4.62. The molecule has 0 unspecified atom stereocenters. The zero-order valence-electron chi connectivity index (χ0n) is 18.0. The number of rotatable bonds is 8. The average molecular weight is 431 g/mol. The molecule has 0 saturated heterocycles. The predicted molar refractivity (Wildman–Crippen MR) is 124 cm³/mol. The van der Waals surface area contributed by atoms with Crippen molar-refractivity contribution in [2.75, 3.05) is 23.8 Å². The highest BCUT2D eigenvalue weighted by atomic mass is 16.5. The molecule has 3 N–H and O–H groups in total. The fourth-order valence-electron chi connectivity index (χ4n) is 2.95. The van der Waals surface area contributed by atoms with Crippen LogP contribution in [0.15, 0.2) is 72.8 Å². The van der Waals surface area contributed by atoms with Crippen molar-refractivity contribution in [3.8, 4) is 5.75 Å². The summed E-state index contributed by atoms with van der Waals surface area (Å²) in [5.41, 5.74) is 2.86. The van der Waals surface area contributed by atoms with Gasteiger partial charge in [-0.2, -0.15) is 0 Å². The van der Waals surface area contributed by atoms with E-state index in [1.807, 2.05) is 19.9 Å². The average Bonchev–Trinajstić information content (AvgIpc) is 2.80. The van der Waals surface area contributed by atoms with Crippen molar-refractivity contribution in [2.45, 2.75) is 13.8 Å². The molecule has 32 heavy (non-hydrogen) atoms. The number of carbonyl (C=O) groups is 3. The summed E-state index contributed by atoms with van der Waals surface area (Å²) in [5.74, 6) is -0.329. The normalized spacial score (nSPS) is 10.2. The molecular formula is C25H25N3O4. The maximum Gasteiger partial charge on any atom is 0.257 e. The van der Waals surface area contributed by atoms with Crippen LogP contribution in [0.2, 0.25) is 0 Å². The van der Waals surface area contributed by atoms with Crippen molar-refractivity contribution in [3.05, 3.63) is 89.5 Å². The van der Waals surface area contributed by atoms with Crippen LogP contribution < -0.4 is 20.7 Å². The van der Waals surface area contributed by atoms with Gasteiger partial charge in [-0.1, -0.05) is 30.3 Å². The van der Waals surface area contributed by atoms with E-state index in [0.29, 0.717) is 34.8 Å². The zero-order chi connectivity index (χ0) is 22.9. The van der Waals surface area contributed by atoms with Gasteiger partial charge in [-0.05, 0) is 55.8 Å². The molecule has 0 aliphatic rings. The summed E-state index contributed by atoms with van der Waals surface area (Å²) in [5, 5.41) is 8.32. The summed E-state index contributed by atoms with van der Waals surface area (Å²) in [7, 11) is 0. The van der Waals surface area contributed by atoms with Gasteiger partial charge >= 0.3 is 0 Å². The van der Waals surface area contributed by atoms with Crippen LogP contribution in [0.1, 0.15) is 33.2 Å². The van der Waals surface area contributed by atoms with Crippen LogP contribution in [0, 0.1) is 6.92 Å². The molecule has 0 radical (unpaired) electrons. The molecule has 7 nitrogen and oxygen atoms in total. The molecule has 3 aromatic rings. The monoisotopic (exact) mass is 431 g/mol. The lowest BCUT2D eigenvalue weighted by Gasteiger charge is -2.12. The van der Waals surface area contributed by atoms with Crippen LogP contribution in [0.25, 0.3) is 0 Å². The molecule has 0 saturated carbocycles. The first-order valence-electron chi connectivity index (χ1n) is 10.2. The zero-order valence-corrected chi connectivity index (χ0v) is 18.0. The summed E-state index contributed by atoms with van der Waals surface area (Å²) >= 11 is 0. The molecule has 0 atom stereocenters. The number of nitrogens with one attached hydrogen (secondary N) is 3. The van der Waals surface area contributed by atoms with Gasteiger partial charge in [-0.25, -0.2) is 0 Å². The summed E-state index contributed by atoms with van der Waals surface area (Å²) in [6, 6.07) is 20.8. The highest BCUT2D eigenvalue weighted by Crippen LogP contribution is 2.21.